The van der Waals surface area contributed by atoms with E-state index in [2.05, 4.69) is 10.2 Å². The van der Waals surface area contributed by atoms with Crippen molar-refractivity contribution >= 4 is 12.4 Å². The Balaban J connectivity index is 0.00000242. The fourth-order valence-electron chi connectivity index (χ4n) is 2.90. The van der Waals surface area contributed by atoms with Crippen LogP contribution in [0, 0.1) is 5.92 Å². The van der Waals surface area contributed by atoms with E-state index in [0.29, 0.717) is 6.61 Å². The van der Waals surface area contributed by atoms with E-state index in [1.807, 2.05) is 38.2 Å². The highest BCUT2D eigenvalue weighted by Gasteiger charge is 2.18. The second-order valence-corrected chi connectivity index (χ2v) is 5.62. The second kappa shape index (κ2) is 10.7. The molecule has 5 heteroatoms. The minimum atomic E-state index is 0. The SMILES string of the molecule is CCOc1ccc(OCCN2CCCC(CNC)C2)cc1.Cl. The van der Waals surface area contributed by atoms with Gasteiger partial charge in [0.15, 0.2) is 0 Å². The Labute approximate surface area is 140 Å². The molecule has 0 saturated carbocycles. The smallest absolute Gasteiger partial charge is 0.119 e. The molecule has 1 heterocycles. The van der Waals surface area contributed by atoms with E-state index in [-0.39, 0.29) is 12.4 Å². The van der Waals surface area contributed by atoms with Gasteiger partial charge >= 0.3 is 0 Å². The topological polar surface area (TPSA) is 33.7 Å². The van der Waals surface area contributed by atoms with E-state index in [4.69, 9.17) is 9.47 Å². The number of hydrogen-bond donors (Lipinski definition) is 1. The van der Waals surface area contributed by atoms with Gasteiger partial charge in [0.05, 0.1) is 6.61 Å². The first-order valence-electron chi connectivity index (χ1n) is 8.04. The Morgan fingerprint density at radius 3 is 2.50 bits per heavy atom. The van der Waals surface area contributed by atoms with Gasteiger partial charge < -0.3 is 14.8 Å². The summed E-state index contributed by atoms with van der Waals surface area (Å²) in [6, 6.07) is 7.88. The third-order valence-corrected chi connectivity index (χ3v) is 3.91. The quantitative estimate of drug-likeness (QED) is 0.795. The van der Waals surface area contributed by atoms with Crippen molar-refractivity contribution in [3.05, 3.63) is 24.3 Å². The largest absolute Gasteiger partial charge is 0.494 e. The summed E-state index contributed by atoms with van der Waals surface area (Å²) < 4.78 is 11.2. The lowest BCUT2D eigenvalue weighted by Gasteiger charge is -2.32. The third-order valence-electron chi connectivity index (χ3n) is 3.91. The predicted molar refractivity (Wildman–Crippen MR) is 93.4 cm³/mol. The average Bonchev–Trinajstić information content (AvgIpc) is 2.50. The second-order valence-electron chi connectivity index (χ2n) is 5.62. The highest BCUT2D eigenvalue weighted by Crippen LogP contribution is 2.18. The van der Waals surface area contributed by atoms with Crippen molar-refractivity contribution in [3.8, 4) is 11.5 Å². The minimum Gasteiger partial charge on any atom is -0.494 e. The number of hydrogen-bond acceptors (Lipinski definition) is 4. The summed E-state index contributed by atoms with van der Waals surface area (Å²) in [6.45, 7) is 7.96. The molecular weight excluding hydrogens is 300 g/mol. The molecule has 2 rings (SSSR count). The highest BCUT2D eigenvalue weighted by molar-refractivity contribution is 5.85. The first-order chi connectivity index (χ1) is 10.3. The van der Waals surface area contributed by atoms with Crippen molar-refractivity contribution in [2.75, 3.05) is 46.4 Å². The van der Waals surface area contributed by atoms with Crippen molar-refractivity contribution in [1.29, 1.82) is 0 Å². The van der Waals surface area contributed by atoms with E-state index in [9.17, 15) is 0 Å². The maximum Gasteiger partial charge on any atom is 0.119 e. The predicted octanol–water partition coefficient (Wildman–Crippen LogP) is 2.82. The van der Waals surface area contributed by atoms with E-state index in [1.54, 1.807) is 0 Å². The van der Waals surface area contributed by atoms with Crippen LogP contribution in [-0.4, -0.2) is 51.3 Å². The van der Waals surface area contributed by atoms with Gasteiger partial charge in [-0.15, -0.1) is 12.4 Å². The maximum atomic E-state index is 5.82. The number of ether oxygens (including phenoxy) is 2. The molecule has 1 aromatic carbocycles. The molecule has 1 N–H and O–H groups in total. The zero-order valence-electron chi connectivity index (χ0n) is 13.7. The minimum absolute atomic E-state index is 0. The Hall–Kier alpha value is -0.970. The number of likely N-dealkylation sites (tertiary alicyclic amines) is 1. The van der Waals surface area contributed by atoms with Crippen LogP contribution in [0.1, 0.15) is 19.8 Å². The van der Waals surface area contributed by atoms with Crippen molar-refractivity contribution in [1.82, 2.24) is 10.2 Å². The molecule has 1 unspecified atom stereocenters. The molecule has 0 aromatic heterocycles. The van der Waals surface area contributed by atoms with Crippen molar-refractivity contribution < 1.29 is 9.47 Å². The van der Waals surface area contributed by atoms with Crippen LogP contribution < -0.4 is 14.8 Å². The normalized spacial score (nSPS) is 18.5. The van der Waals surface area contributed by atoms with Crippen LogP contribution >= 0.6 is 12.4 Å². The molecule has 1 atom stereocenters. The van der Waals surface area contributed by atoms with Gasteiger partial charge in [-0.2, -0.15) is 0 Å². The summed E-state index contributed by atoms with van der Waals surface area (Å²) in [7, 11) is 2.04. The number of piperidine rings is 1. The Bertz CT molecular complexity index is 398. The van der Waals surface area contributed by atoms with Crippen LogP contribution in [0.2, 0.25) is 0 Å². The third kappa shape index (κ3) is 6.42. The lowest BCUT2D eigenvalue weighted by molar-refractivity contribution is 0.146. The molecule has 0 spiro atoms. The van der Waals surface area contributed by atoms with Gasteiger partial charge in [0.25, 0.3) is 0 Å². The van der Waals surface area contributed by atoms with E-state index >= 15 is 0 Å². The van der Waals surface area contributed by atoms with Gasteiger partial charge in [0, 0.05) is 13.1 Å². The lowest BCUT2D eigenvalue weighted by atomic mass is 9.98. The van der Waals surface area contributed by atoms with Crippen molar-refractivity contribution in [2.24, 2.45) is 5.92 Å². The van der Waals surface area contributed by atoms with Gasteiger partial charge in [0.2, 0.25) is 0 Å². The molecule has 1 aliphatic heterocycles. The molecule has 0 bridgehead atoms. The van der Waals surface area contributed by atoms with E-state index in [1.165, 1.54) is 25.9 Å². The van der Waals surface area contributed by atoms with Gasteiger partial charge in [-0.3, -0.25) is 4.90 Å². The highest BCUT2D eigenvalue weighted by atomic mass is 35.5. The standard InChI is InChI=1S/C17H28N2O2.ClH/c1-3-20-16-6-8-17(9-7-16)21-12-11-19-10-4-5-15(14-19)13-18-2;/h6-9,15,18H,3-5,10-14H2,1-2H3;1H. The zero-order valence-corrected chi connectivity index (χ0v) is 14.5. The summed E-state index contributed by atoms with van der Waals surface area (Å²) in [5.74, 6) is 2.60. The van der Waals surface area contributed by atoms with Gasteiger partial charge in [0.1, 0.15) is 18.1 Å². The van der Waals surface area contributed by atoms with Crippen LogP contribution in [0.15, 0.2) is 24.3 Å². The first-order valence-corrected chi connectivity index (χ1v) is 8.04. The fraction of sp³-hybridized carbons (Fsp3) is 0.647. The monoisotopic (exact) mass is 328 g/mol. The number of nitrogens with zero attached hydrogens (tertiary/aromatic N) is 1. The number of halogens is 1. The maximum absolute atomic E-state index is 5.82. The number of rotatable bonds is 8. The molecule has 0 aliphatic carbocycles. The Morgan fingerprint density at radius 2 is 1.86 bits per heavy atom. The summed E-state index contributed by atoms with van der Waals surface area (Å²) >= 11 is 0. The van der Waals surface area contributed by atoms with Crippen molar-refractivity contribution in [3.63, 3.8) is 0 Å². The molecule has 4 nitrogen and oxygen atoms in total. The van der Waals surface area contributed by atoms with Crippen molar-refractivity contribution in [2.45, 2.75) is 19.8 Å². The molecule has 1 aliphatic rings. The Kier molecular flexibility index (Phi) is 9.28. The summed E-state index contributed by atoms with van der Waals surface area (Å²) in [5, 5.41) is 3.29. The van der Waals surface area contributed by atoms with Gasteiger partial charge in [-0.05, 0) is 70.1 Å². The van der Waals surface area contributed by atoms with E-state index < -0.39 is 0 Å². The summed E-state index contributed by atoms with van der Waals surface area (Å²) in [6.07, 6.45) is 2.65. The molecule has 1 saturated heterocycles. The van der Waals surface area contributed by atoms with Gasteiger partial charge in [-0.1, -0.05) is 0 Å². The molecule has 1 aromatic rings. The molecule has 1 fully saturated rings. The summed E-state index contributed by atoms with van der Waals surface area (Å²) in [4.78, 5) is 2.51. The van der Waals surface area contributed by atoms with Crippen LogP contribution in [0.4, 0.5) is 0 Å². The number of benzene rings is 1. The molecule has 126 valence electrons. The molecular formula is C17H29ClN2O2. The van der Waals surface area contributed by atoms with Gasteiger partial charge in [-0.25, -0.2) is 0 Å². The van der Waals surface area contributed by atoms with Crippen LogP contribution in [0.25, 0.3) is 0 Å². The van der Waals surface area contributed by atoms with Crippen LogP contribution in [-0.2, 0) is 0 Å². The molecule has 0 amide bonds. The Morgan fingerprint density at radius 1 is 1.18 bits per heavy atom. The van der Waals surface area contributed by atoms with Crippen LogP contribution in [0.3, 0.4) is 0 Å². The van der Waals surface area contributed by atoms with Crippen LogP contribution in [0.5, 0.6) is 11.5 Å². The average molecular weight is 329 g/mol. The lowest BCUT2D eigenvalue weighted by Crippen LogP contribution is -2.40. The van der Waals surface area contributed by atoms with E-state index in [0.717, 1.165) is 37.1 Å². The summed E-state index contributed by atoms with van der Waals surface area (Å²) in [5.41, 5.74) is 0. The fourth-order valence-corrected chi connectivity index (χ4v) is 2.90. The zero-order chi connectivity index (χ0) is 14.9. The number of nitrogens with one attached hydrogen (secondary N) is 1. The first kappa shape index (κ1) is 19.1. The molecule has 22 heavy (non-hydrogen) atoms. The molecule has 0 radical (unpaired) electrons.